The highest BCUT2D eigenvalue weighted by atomic mass is 16.5. The van der Waals surface area contributed by atoms with E-state index in [1.165, 1.54) is 0 Å². The summed E-state index contributed by atoms with van der Waals surface area (Å²) >= 11 is 0. The first kappa shape index (κ1) is 14.4. The van der Waals surface area contributed by atoms with Crippen molar-refractivity contribution in [1.29, 1.82) is 0 Å². The first-order valence-corrected chi connectivity index (χ1v) is 6.67. The molecule has 2 aromatic rings. The lowest BCUT2D eigenvalue weighted by Crippen LogP contribution is -2.17. The first-order valence-electron chi connectivity index (χ1n) is 6.67. The molecule has 0 saturated heterocycles. The van der Waals surface area contributed by atoms with Gasteiger partial charge < -0.3 is 19.8 Å². The van der Waals surface area contributed by atoms with Crippen LogP contribution < -0.4 is 15.2 Å². The van der Waals surface area contributed by atoms with Crippen molar-refractivity contribution in [3.8, 4) is 11.5 Å². The molecule has 0 spiro atoms. The summed E-state index contributed by atoms with van der Waals surface area (Å²) in [7, 11) is 3.27. The van der Waals surface area contributed by atoms with Gasteiger partial charge in [0.05, 0.1) is 14.2 Å². The van der Waals surface area contributed by atoms with E-state index in [1.54, 1.807) is 20.4 Å². The van der Waals surface area contributed by atoms with Gasteiger partial charge in [0, 0.05) is 43.0 Å². The second-order valence-corrected chi connectivity index (χ2v) is 4.55. The maximum absolute atomic E-state index is 6.30. The lowest BCUT2D eigenvalue weighted by molar-refractivity contribution is 0.388. The third-order valence-corrected chi connectivity index (χ3v) is 3.38. The Morgan fingerprint density at radius 1 is 1.30 bits per heavy atom. The number of benzene rings is 1. The van der Waals surface area contributed by atoms with E-state index < -0.39 is 0 Å². The van der Waals surface area contributed by atoms with Crippen molar-refractivity contribution < 1.29 is 9.47 Å². The smallest absolute Gasteiger partial charge is 0.127 e. The summed E-state index contributed by atoms with van der Waals surface area (Å²) in [5, 5.41) is 0. The van der Waals surface area contributed by atoms with Gasteiger partial charge in [-0.3, -0.25) is 0 Å². The molecule has 0 fully saturated rings. The van der Waals surface area contributed by atoms with Crippen LogP contribution in [-0.2, 0) is 13.0 Å². The number of hydrogen-bond acceptors (Lipinski definition) is 4. The zero-order chi connectivity index (χ0) is 14.5. The molecule has 2 N–H and O–H groups in total. The van der Waals surface area contributed by atoms with Gasteiger partial charge in [0.25, 0.3) is 0 Å². The zero-order valence-electron chi connectivity index (χ0n) is 12.2. The van der Waals surface area contributed by atoms with Crippen LogP contribution >= 0.6 is 0 Å². The maximum atomic E-state index is 6.30. The maximum Gasteiger partial charge on any atom is 0.127 e. The second-order valence-electron chi connectivity index (χ2n) is 4.55. The Hall–Kier alpha value is -2.01. The number of methoxy groups -OCH3 is 2. The largest absolute Gasteiger partial charge is 0.497 e. The third kappa shape index (κ3) is 2.93. The highest BCUT2D eigenvalue weighted by molar-refractivity contribution is 5.42. The lowest BCUT2D eigenvalue weighted by Gasteiger charge is -2.17. The lowest BCUT2D eigenvalue weighted by atomic mass is 10.0. The number of ether oxygens (including phenoxy) is 2. The van der Waals surface area contributed by atoms with Gasteiger partial charge in [-0.15, -0.1) is 0 Å². The number of aromatic nitrogens is 2. The number of hydrogen-bond donors (Lipinski definition) is 1. The van der Waals surface area contributed by atoms with E-state index in [2.05, 4.69) is 16.5 Å². The summed E-state index contributed by atoms with van der Waals surface area (Å²) in [5.74, 6) is 2.48. The Morgan fingerprint density at radius 3 is 2.75 bits per heavy atom. The fourth-order valence-electron chi connectivity index (χ4n) is 2.25. The van der Waals surface area contributed by atoms with Gasteiger partial charge in [-0.05, 0) is 13.0 Å². The topological polar surface area (TPSA) is 62.3 Å². The fraction of sp³-hybridized carbons (Fsp3) is 0.400. The minimum atomic E-state index is -0.163. The molecule has 5 nitrogen and oxygen atoms in total. The van der Waals surface area contributed by atoms with Crippen LogP contribution in [0.5, 0.6) is 11.5 Å². The SMILES string of the molecule is CCn1ccnc1CC(N)c1ccc(OC)cc1OC. The van der Waals surface area contributed by atoms with Crippen molar-refractivity contribution in [2.45, 2.75) is 25.9 Å². The highest BCUT2D eigenvalue weighted by Crippen LogP contribution is 2.29. The van der Waals surface area contributed by atoms with E-state index in [-0.39, 0.29) is 6.04 Å². The summed E-state index contributed by atoms with van der Waals surface area (Å²) in [4.78, 5) is 4.36. The summed E-state index contributed by atoms with van der Waals surface area (Å²) in [6.45, 7) is 2.98. The standard InChI is InChI=1S/C15H21N3O2/c1-4-18-8-7-17-15(18)10-13(16)12-6-5-11(19-2)9-14(12)20-3/h5-9,13H,4,10,16H2,1-3H3. The van der Waals surface area contributed by atoms with Crippen LogP contribution in [0.15, 0.2) is 30.6 Å². The van der Waals surface area contributed by atoms with Crippen molar-refractivity contribution in [1.82, 2.24) is 9.55 Å². The highest BCUT2D eigenvalue weighted by Gasteiger charge is 2.15. The Labute approximate surface area is 119 Å². The minimum absolute atomic E-state index is 0.163. The molecule has 0 aliphatic carbocycles. The van der Waals surface area contributed by atoms with E-state index in [0.29, 0.717) is 6.42 Å². The summed E-state index contributed by atoms with van der Waals surface area (Å²) in [6, 6.07) is 5.52. The van der Waals surface area contributed by atoms with Crippen LogP contribution in [0.25, 0.3) is 0 Å². The van der Waals surface area contributed by atoms with Crippen LogP contribution in [0, 0.1) is 0 Å². The van der Waals surface area contributed by atoms with E-state index >= 15 is 0 Å². The number of nitrogens with zero attached hydrogens (tertiary/aromatic N) is 2. The van der Waals surface area contributed by atoms with E-state index in [4.69, 9.17) is 15.2 Å². The van der Waals surface area contributed by atoms with Gasteiger partial charge in [-0.25, -0.2) is 4.98 Å². The van der Waals surface area contributed by atoms with E-state index in [0.717, 1.165) is 29.4 Å². The normalized spacial score (nSPS) is 12.2. The minimum Gasteiger partial charge on any atom is -0.497 e. The van der Waals surface area contributed by atoms with Crippen LogP contribution in [0.3, 0.4) is 0 Å². The van der Waals surface area contributed by atoms with Crippen LogP contribution in [-0.4, -0.2) is 23.8 Å². The average Bonchev–Trinajstić information content (AvgIpc) is 2.93. The van der Waals surface area contributed by atoms with Gasteiger partial charge in [-0.1, -0.05) is 6.07 Å². The van der Waals surface area contributed by atoms with Gasteiger partial charge >= 0.3 is 0 Å². The molecule has 5 heteroatoms. The Morgan fingerprint density at radius 2 is 2.10 bits per heavy atom. The average molecular weight is 275 g/mol. The molecule has 1 aromatic heterocycles. The van der Waals surface area contributed by atoms with Gasteiger partial charge in [0.15, 0.2) is 0 Å². The number of aryl methyl sites for hydroxylation is 1. The molecular weight excluding hydrogens is 254 g/mol. The quantitative estimate of drug-likeness (QED) is 0.877. The molecule has 20 heavy (non-hydrogen) atoms. The summed E-state index contributed by atoms with van der Waals surface area (Å²) in [5.41, 5.74) is 7.26. The molecule has 1 aromatic carbocycles. The molecular formula is C15H21N3O2. The molecule has 1 heterocycles. The van der Waals surface area contributed by atoms with Crippen molar-refractivity contribution in [2.24, 2.45) is 5.73 Å². The molecule has 0 aliphatic rings. The van der Waals surface area contributed by atoms with E-state index in [1.807, 2.05) is 24.4 Å². The number of rotatable bonds is 6. The predicted molar refractivity (Wildman–Crippen MR) is 78.1 cm³/mol. The molecule has 0 bridgehead atoms. The molecule has 108 valence electrons. The molecule has 0 aliphatic heterocycles. The Bertz CT molecular complexity index is 566. The first-order chi connectivity index (χ1) is 9.69. The van der Waals surface area contributed by atoms with Crippen molar-refractivity contribution >= 4 is 0 Å². The molecule has 0 radical (unpaired) electrons. The molecule has 2 rings (SSSR count). The number of nitrogens with two attached hydrogens (primary N) is 1. The Balaban J connectivity index is 2.22. The zero-order valence-corrected chi connectivity index (χ0v) is 12.2. The van der Waals surface area contributed by atoms with Crippen molar-refractivity contribution in [3.63, 3.8) is 0 Å². The van der Waals surface area contributed by atoms with E-state index in [9.17, 15) is 0 Å². The number of imidazole rings is 1. The van der Waals surface area contributed by atoms with Crippen LogP contribution in [0.1, 0.15) is 24.4 Å². The second kappa shape index (κ2) is 6.43. The molecule has 1 unspecified atom stereocenters. The van der Waals surface area contributed by atoms with Gasteiger partial charge in [0.2, 0.25) is 0 Å². The summed E-state index contributed by atoms with van der Waals surface area (Å²) < 4.78 is 12.7. The molecule has 0 amide bonds. The summed E-state index contributed by atoms with van der Waals surface area (Å²) in [6.07, 6.45) is 4.44. The molecule has 0 saturated carbocycles. The monoisotopic (exact) mass is 275 g/mol. The Kier molecular flexibility index (Phi) is 4.63. The molecule has 1 atom stereocenters. The fourth-order valence-corrected chi connectivity index (χ4v) is 2.25. The van der Waals surface area contributed by atoms with Crippen molar-refractivity contribution in [3.05, 3.63) is 42.0 Å². The van der Waals surface area contributed by atoms with Crippen molar-refractivity contribution in [2.75, 3.05) is 14.2 Å². The van der Waals surface area contributed by atoms with Gasteiger partial charge in [0.1, 0.15) is 17.3 Å². The van der Waals surface area contributed by atoms with Crippen LogP contribution in [0.4, 0.5) is 0 Å². The van der Waals surface area contributed by atoms with Gasteiger partial charge in [-0.2, -0.15) is 0 Å². The third-order valence-electron chi connectivity index (χ3n) is 3.38. The van der Waals surface area contributed by atoms with Crippen LogP contribution in [0.2, 0.25) is 0 Å². The predicted octanol–water partition coefficient (Wildman–Crippen LogP) is 2.16.